The van der Waals surface area contributed by atoms with Gasteiger partial charge in [-0.25, -0.2) is 23.2 Å². The highest BCUT2D eigenvalue weighted by atomic mass is 32.2. The number of likely N-dealkylation sites (tertiary alicyclic amines) is 1. The predicted octanol–water partition coefficient (Wildman–Crippen LogP) is 1.58. The molecule has 0 aliphatic carbocycles. The van der Waals surface area contributed by atoms with Crippen molar-refractivity contribution in [1.82, 2.24) is 19.2 Å². The van der Waals surface area contributed by atoms with Crippen molar-refractivity contribution >= 4 is 27.8 Å². The van der Waals surface area contributed by atoms with Crippen molar-refractivity contribution in [1.29, 1.82) is 0 Å². The van der Waals surface area contributed by atoms with Crippen LogP contribution in [0.1, 0.15) is 29.1 Å². The molecule has 2 aliphatic heterocycles. The maximum absolute atomic E-state index is 12.8. The van der Waals surface area contributed by atoms with Crippen LogP contribution in [0.2, 0.25) is 0 Å². The van der Waals surface area contributed by atoms with Crippen molar-refractivity contribution in [3.05, 3.63) is 36.0 Å². The number of carbonyl (C=O) groups excluding carboxylic acids is 1. The van der Waals surface area contributed by atoms with Crippen molar-refractivity contribution in [2.45, 2.75) is 29.3 Å². The first-order chi connectivity index (χ1) is 16.2. The van der Waals surface area contributed by atoms with E-state index in [9.17, 15) is 26.4 Å². The van der Waals surface area contributed by atoms with Gasteiger partial charge in [-0.05, 0) is 25.0 Å². The number of aromatic nitrogens is 2. The van der Waals surface area contributed by atoms with Crippen LogP contribution < -0.4 is 4.90 Å². The summed E-state index contributed by atoms with van der Waals surface area (Å²) in [5.74, 6) is -2.11. The van der Waals surface area contributed by atoms with E-state index in [1.807, 2.05) is 14.1 Å². The number of alkyl halides is 3. The number of carbonyl (C=O) groups is 2. The molecule has 2 aliphatic rings. The van der Waals surface area contributed by atoms with Crippen LogP contribution in [0.3, 0.4) is 0 Å². The Morgan fingerprint density at radius 1 is 1.23 bits per heavy atom. The zero-order valence-electron chi connectivity index (χ0n) is 19.1. The fraction of sp³-hybridized carbons (Fsp3) is 0.500. The number of hydrogen-bond acceptors (Lipinski definition) is 8. The lowest BCUT2D eigenvalue weighted by atomic mass is 9.75. The van der Waals surface area contributed by atoms with Gasteiger partial charge in [0.25, 0.3) is 5.91 Å². The molecule has 0 atom stereocenters. The number of nitrogens with zero attached hydrogens (tertiary/aromatic N) is 5. The summed E-state index contributed by atoms with van der Waals surface area (Å²) in [6.45, 7) is 1.36. The van der Waals surface area contributed by atoms with E-state index in [4.69, 9.17) is 14.3 Å². The number of rotatable bonds is 2. The van der Waals surface area contributed by atoms with Gasteiger partial charge in [-0.1, -0.05) is 0 Å². The van der Waals surface area contributed by atoms with Gasteiger partial charge in [-0.2, -0.15) is 17.5 Å². The Balaban J connectivity index is 0.000000429. The minimum atomic E-state index is -5.08. The van der Waals surface area contributed by atoms with Gasteiger partial charge in [0, 0.05) is 46.2 Å². The zero-order chi connectivity index (χ0) is 26.2. The maximum atomic E-state index is 12.8. The van der Waals surface area contributed by atoms with E-state index in [-0.39, 0.29) is 10.8 Å². The van der Waals surface area contributed by atoms with Crippen LogP contribution in [0.15, 0.2) is 33.9 Å². The molecule has 0 saturated carbocycles. The van der Waals surface area contributed by atoms with Crippen LogP contribution in [-0.4, -0.2) is 91.5 Å². The molecule has 4 heterocycles. The van der Waals surface area contributed by atoms with Crippen LogP contribution in [0.5, 0.6) is 0 Å². The first-order valence-corrected chi connectivity index (χ1v) is 11.8. The van der Waals surface area contributed by atoms with Crippen molar-refractivity contribution in [2.75, 3.05) is 45.7 Å². The number of anilines is 1. The molecule has 1 spiro atoms. The summed E-state index contributed by atoms with van der Waals surface area (Å²) in [6.07, 6.45) is -0.952. The van der Waals surface area contributed by atoms with Crippen molar-refractivity contribution in [3.63, 3.8) is 0 Å². The standard InChI is InChI=1S/C18H23N5O4S.C2HF3O2/c1-21(2)17-19-11-14-15(20-17)18(12-22(3)28(14,25)26)6-8-23(9-7-18)16(24)13-5-4-10-27-13;3-2(4,5)1(6)7/h4-5,10-11H,6-9,12H2,1-3H3;(H,6,7). The number of amides is 1. The number of furan rings is 1. The highest BCUT2D eigenvalue weighted by molar-refractivity contribution is 7.89. The minimum absolute atomic E-state index is 0.145. The maximum Gasteiger partial charge on any atom is 0.490 e. The highest BCUT2D eigenvalue weighted by Gasteiger charge is 2.49. The number of halogens is 3. The number of fused-ring (bicyclic) bond motifs is 2. The molecule has 15 heteroatoms. The van der Waals surface area contributed by atoms with Gasteiger partial charge in [-0.3, -0.25) is 4.79 Å². The van der Waals surface area contributed by atoms with Crippen LogP contribution in [-0.2, 0) is 20.2 Å². The number of piperidine rings is 1. The second-order valence-electron chi connectivity index (χ2n) is 8.39. The highest BCUT2D eigenvalue weighted by Crippen LogP contribution is 2.43. The average molecular weight is 520 g/mol. The molecule has 2 aromatic rings. The summed E-state index contributed by atoms with van der Waals surface area (Å²) in [5, 5.41) is 7.12. The largest absolute Gasteiger partial charge is 0.490 e. The molecule has 0 bridgehead atoms. The van der Waals surface area contributed by atoms with Crippen molar-refractivity contribution in [2.24, 2.45) is 0 Å². The summed E-state index contributed by atoms with van der Waals surface area (Å²) in [4.78, 5) is 34.0. The first kappa shape index (κ1) is 26.4. The SMILES string of the molecule is CN(C)c1ncc2c(n1)C1(CCN(C(=O)c3ccco3)CC1)CN(C)S2(=O)=O.O=C(O)C(F)(F)F. The number of sulfonamides is 1. The summed E-state index contributed by atoms with van der Waals surface area (Å²) in [7, 11) is 1.62. The van der Waals surface area contributed by atoms with Crippen molar-refractivity contribution in [3.8, 4) is 0 Å². The molecule has 0 unspecified atom stereocenters. The van der Waals surface area contributed by atoms with Gasteiger partial charge >= 0.3 is 12.1 Å². The Labute approximate surface area is 199 Å². The Morgan fingerprint density at radius 3 is 2.31 bits per heavy atom. The summed E-state index contributed by atoms with van der Waals surface area (Å²) in [5.41, 5.74) is 0.123. The van der Waals surface area contributed by atoms with Gasteiger partial charge < -0.3 is 19.3 Å². The quantitative estimate of drug-likeness (QED) is 0.627. The molecule has 4 rings (SSSR count). The lowest BCUT2D eigenvalue weighted by Gasteiger charge is -2.46. The Hall–Kier alpha value is -3.20. The monoisotopic (exact) mass is 519 g/mol. The number of hydrogen-bond donors (Lipinski definition) is 1. The van der Waals surface area contributed by atoms with Crippen LogP contribution >= 0.6 is 0 Å². The Kier molecular flexibility index (Phi) is 7.13. The van der Waals surface area contributed by atoms with E-state index in [0.717, 1.165) is 0 Å². The van der Waals surface area contributed by atoms with E-state index < -0.39 is 27.6 Å². The smallest absolute Gasteiger partial charge is 0.475 e. The van der Waals surface area contributed by atoms with E-state index in [1.165, 1.54) is 16.8 Å². The Morgan fingerprint density at radius 2 is 1.83 bits per heavy atom. The molecule has 2 aromatic heterocycles. The summed E-state index contributed by atoms with van der Waals surface area (Å²) >= 11 is 0. The lowest BCUT2D eigenvalue weighted by Crippen LogP contribution is -2.54. The second-order valence-corrected chi connectivity index (χ2v) is 10.4. The fourth-order valence-electron chi connectivity index (χ4n) is 3.99. The van der Waals surface area contributed by atoms with Gasteiger partial charge in [-0.15, -0.1) is 0 Å². The first-order valence-electron chi connectivity index (χ1n) is 10.3. The molecule has 1 N–H and O–H groups in total. The number of aliphatic carboxylic acids is 1. The third-order valence-corrected chi connectivity index (χ3v) is 7.64. The van der Waals surface area contributed by atoms with Crippen molar-refractivity contribution < 1.29 is 40.7 Å². The second kappa shape index (κ2) is 9.45. The Bertz CT molecular complexity index is 1190. The number of carboxylic acids is 1. The van der Waals surface area contributed by atoms with Gasteiger partial charge in [0.15, 0.2) is 5.76 Å². The third kappa shape index (κ3) is 5.24. The van der Waals surface area contributed by atoms with Gasteiger partial charge in [0.1, 0.15) is 4.90 Å². The molecule has 11 nitrogen and oxygen atoms in total. The molecule has 0 aromatic carbocycles. The predicted molar refractivity (Wildman–Crippen MR) is 115 cm³/mol. The third-order valence-electron chi connectivity index (χ3n) is 5.84. The molecular weight excluding hydrogens is 495 g/mol. The number of carboxylic acid groups (broad SMARTS) is 1. The molecule has 35 heavy (non-hydrogen) atoms. The van der Waals surface area contributed by atoms with Gasteiger partial charge in [0.2, 0.25) is 16.0 Å². The molecule has 192 valence electrons. The summed E-state index contributed by atoms with van der Waals surface area (Å²) in [6, 6.07) is 3.34. The van der Waals surface area contributed by atoms with E-state index in [0.29, 0.717) is 49.9 Å². The topological polar surface area (TPSA) is 137 Å². The molecule has 1 fully saturated rings. The van der Waals surface area contributed by atoms with E-state index in [2.05, 4.69) is 9.97 Å². The lowest BCUT2D eigenvalue weighted by molar-refractivity contribution is -0.192. The fourth-order valence-corrected chi connectivity index (χ4v) is 5.43. The normalized spacial score (nSPS) is 18.9. The van der Waals surface area contributed by atoms with Crippen LogP contribution in [0.25, 0.3) is 0 Å². The molecule has 1 saturated heterocycles. The minimum Gasteiger partial charge on any atom is -0.475 e. The molecule has 0 radical (unpaired) electrons. The van der Waals surface area contributed by atoms with Crippen LogP contribution in [0, 0.1) is 0 Å². The van der Waals surface area contributed by atoms with E-state index >= 15 is 0 Å². The van der Waals surface area contributed by atoms with Gasteiger partial charge in [0.05, 0.1) is 18.2 Å². The zero-order valence-corrected chi connectivity index (χ0v) is 19.9. The molecular formula is C20H24F3N5O6S. The average Bonchev–Trinajstić information content (AvgIpc) is 3.32. The van der Waals surface area contributed by atoms with E-state index in [1.54, 1.807) is 29.0 Å². The summed E-state index contributed by atoms with van der Waals surface area (Å²) < 4.78 is 63.9. The number of likely N-dealkylation sites (N-methyl/N-ethyl adjacent to an activating group) is 1. The van der Waals surface area contributed by atoms with Crippen LogP contribution in [0.4, 0.5) is 19.1 Å². The molecule has 1 amide bonds.